The van der Waals surface area contributed by atoms with Gasteiger partial charge in [0, 0.05) is 19.3 Å². The smallest absolute Gasteiger partial charge is 0.227 e. The molecule has 2 aromatic rings. The third-order valence-electron chi connectivity index (χ3n) is 3.36. The first kappa shape index (κ1) is 17.1. The molecule has 0 atom stereocenters. The van der Waals surface area contributed by atoms with Crippen LogP contribution in [0.15, 0.2) is 36.5 Å². The molecule has 1 N–H and O–H groups in total. The Bertz CT molecular complexity index is 597. The van der Waals surface area contributed by atoms with E-state index in [1.165, 1.54) is 0 Å². The Kier molecular flexibility index (Phi) is 6.66. The minimum Gasteiger partial charge on any atom is -0.492 e. The summed E-state index contributed by atoms with van der Waals surface area (Å²) in [6, 6.07) is 9.76. The molecule has 0 aliphatic heterocycles. The number of nitrogens with one attached hydrogen (secondary N) is 1. The zero-order chi connectivity index (χ0) is 16.5. The summed E-state index contributed by atoms with van der Waals surface area (Å²) in [6.07, 6.45) is 3.95. The van der Waals surface area contributed by atoms with E-state index in [0.717, 1.165) is 49.1 Å². The predicted octanol–water partition coefficient (Wildman–Crippen LogP) is 4.25. The summed E-state index contributed by atoms with van der Waals surface area (Å²) in [7, 11) is 0. The lowest BCUT2D eigenvalue weighted by atomic mass is 10.3. The fourth-order valence-electron chi connectivity index (χ4n) is 2.41. The van der Waals surface area contributed by atoms with Crippen molar-refractivity contribution in [2.45, 2.75) is 33.6 Å². The van der Waals surface area contributed by atoms with Crippen LogP contribution in [-0.4, -0.2) is 29.7 Å². The largest absolute Gasteiger partial charge is 0.492 e. The van der Waals surface area contributed by atoms with Crippen molar-refractivity contribution >= 4 is 17.5 Å². The lowest BCUT2D eigenvalue weighted by molar-refractivity contribution is 0.342. The molecule has 0 saturated carbocycles. The van der Waals surface area contributed by atoms with Crippen molar-refractivity contribution in [1.29, 1.82) is 0 Å². The number of anilines is 3. The third kappa shape index (κ3) is 4.84. The number of hydrogen-bond donors (Lipinski definition) is 1. The van der Waals surface area contributed by atoms with E-state index in [9.17, 15) is 0 Å². The summed E-state index contributed by atoms with van der Waals surface area (Å²) >= 11 is 0. The molecule has 23 heavy (non-hydrogen) atoms. The van der Waals surface area contributed by atoms with Gasteiger partial charge in [0.05, 0.1) is 12.3 Å². The Morgan fingerprint density at radius 2 is 1.78 bits per heavy atom. The first-order chi connectivity index (χ1) is 11.3. The number of ether oxygens (including phenoxy) is 1. The highest BCUT2D eigenvalue weighted by atomic mass is 16.5. The van der Waals surface area contributed by atoms with Gasteiger partial charge in [0.1, 0.15) is 11.6 Å². The van der Waals surface area contributed by atoms with Crippen LogP contribution in [-0.2, 0) is 0 Å². The molecular weight excluding hydrogens is 288 g/mol. The van der Waals surface area contributed by atoms with Crippen molar-refractivity contribution in [3.63, 3.8) is 0 Å². The average Bonchev–Trinajstić information content (AvgIpc) is 2.57. The molecular formula is C18H26N4O. The maximum Gasteiger partial charge on any atom is 0.227 e. The van der Waals surface area contributed by atoms with Gasteiger partial charge in [-0.1, -0.05) is 26.0 Å². The third-order valence-corrected chi connectivity index (χ3v) is 3.36. The molecule has 0 amide bonds. The van der Waals surface area contributed by atoms with Gasteiger partial charge in [-0.05, 0) is 38.0 Å². The second-order valence-corrected chi connectivity index (χ2v) is 5.28. The van der Waals surface area contributed by atoms with Gasteiger partial charge in [-0.2, -0.15) is 4.98 Å². The highest BCUT2D eigenvalue weighted by molar-refractivity contribution is 5.64. The topological polar surface area (TPSA) is 50.3 Å². The molecule has 1 aromatic carbocycles. The maximum atomic E-state index is 5.65. The lowest BCUT2D eigenvalue weighted by Gasteiger charge is -2.21. The van der Waals surface area contributed by atoms with Crippen LogP contribution in [0, 0.1) is 0 Å². The number of nitrogens with zero attached hydrogens (tertiary/aromatic N) is 3. The highest BCUT2D eigenvalue weighted by Gasteiger charge is 2.09. The maximum absolute atomic E-state index is 5.65. The first-order valence-electron chi connectivity index (χ1n) is 8.35. The van der Waals surface area contributed by atoms with E-state index in [0.29, 0.717) is 6.61 Å². The fraction of sp³-hybridized carbons (Fsp3) is 0.444. The molecule has 0 radical (unpaired) electrons. The van der Waals surface area contributed by atoms with Crippen molar-refractivity contribution in [1.82, 2.24) is 9.97 Å². The standard InChI is InChI=1S/C18H26N4O/c1-4-13-22(14-5-2)18-19-12-11-17(21-18)20-15-9-7-8-10-16(15)23-6-3/h7-12H,4-6,13-14H2,1-3H3,(H,19,20,21). The summed E-state index contributed by atoms with van der Waals surface area (Å²) < 4.78 is 5.65. The molecule has 5 nitrogen and oxygen atoms in total. The van der Waals surface area contributed by atoms with Gasteiger partial charge in [-0.3, -0.25) is 0 Å². The average molecular weight is 314 g/mol. The van der Waals surface area contributed by atoms with Gasteiger partial charge >= 0.3 is 0 Å². The van der Waals surface area contributed by atoms with E-state index >= 15 is 0 Å². The van der Waals surface area contributed by atoms with E-state index < -0.39 is 0 Å². The summed E-state index contributed by atoms with van der Waals surface area (Å²) in [4.78, 5) is 11.3. The number of benzene rings is 1. The molecule has 5 heteroatoms. The minimum atomic E-state index is 0.633. The molecule has 0 bridgehead atoms. The Balaban J connectivity index is 2.19. The molecule has 2 rings (SSSR count). The van der Waals surface area contributed by atoms with Gasteiger partial charge in [-0.15, -0.1) is 0 Å². The Hall–Kier alpha value is -2.30. The minimum absolute atomic E-state index is 0.633. The Morgan fingerprint density at radius 1 is 1.04 bits per heavy atom. The van der Waals surface area contributed by atoms with E-state index in [2.05, 4.69) is 34.0 Å². The zero-order valence-electron chi connectivity index (χ0n) is 14.2. The van der Waals surface area contributed by atoms with Crippen molar-refractivity contribution in [2.75, 3.05) is 29.9 Å². The second-order valence-electron chi connectivity index (χ2n) is 5.28. The van der Waals surface area contributed by atoms with Gasteiger partial charge in [0.2, 0.25) is 5.95 Å². The van der Waals surface area contributed by atoms with Crippen LogP contribution in [0.4, 0.5) is 17.5 Å². The monoisotopic (exact) mass is 314 g/mol. The van der Waals surface area contributed by atoms with Crippen LogP contribution >= 0.6 is 0 Å². The van der Waals surface area contributed by atoms with Crippen LogP contribution < -0.4 is 15.0 Å². The lowest BCUT2D eigenvalue weighted by Crippen LogP contribution is -2.27. The fourth-order valence-corrected chi connectivity index (χ4v) is 2.41. The van der Waals surface area contributed by atoms with Crippen LogP contribution in [0.5, 0.6) is 5.75 Å². The van der Waals surface area contributed by atoms with E-state index in [4.69, 9.17) is 4.74 Å². The summed E-state index contributed by atoms with van der Waals surface area (Å²) in [5.41, 5.74) is 0.913. The van der Waals surface area contributed by atoms with Crippen LogP contribution in [0.1, 0.15) is 33.6 Å². The Morgan fingerprint density at radius 3 is 2.48 bits per heavy atom. The highest BCUT2D eigenvalue weighted by Crippen LogP contribution is 2.27. The molecule has 0 fully saturated rings. The molecule has 124 valence electrons. The summed E-state index contributed by atoms with van der Waals surface area (Å²) in [6.45, 7) is 8.88. The molecule has 0 aliphatic carbocycles. The van der Waals surface area contributed by atoms with Crippen LogP contribution in [0.3, 0.4) is 0 Å². The molecule has 0 spiro atoms. The van der Waals surface area contributed by atoms with Crippen LogP contribution in [0.25, 0.3) is 0 Å². The van der Waals surface area contributed by atoms with Crippen molar-refractivity contribution in [3.05, 3.63) is 36.5 Å². The Labute approximate surface area is 138 Å². The van der Waals surface area contributed by atoms with Crippen LogP contribution in [0.2, 0.25) is 0 Å². The first-order valence-corrected chi connectivity index (χ1v) is 8.35. The van der Waals surface area contributed by atoms with Crippen molar-refractivity contribution in [2.24, 2.45) is 0 Å². The SMILES string of the molecule is CCCN(CCC)c1nccc(Nc2ccccc2OCC)n1. The van der Waals surface area contributed by atoms with Gasteiger partial charge in [0.25, 0.3) is 0 Å². The zero-order valence-corrected chi connectivity index (χ0v) is 14.2. The summed E-state index contributed by atoms with van der Waals surface area (Å²) in [5, 5.41) is 3.33. The second kappa shape index (κ2) is 8.98. The predicted molar refractivity (Wildman–Crippen MR) is 95.7 cm³/mol. The van der Waals surface area contributed by atoms with Crippen molar-refractivity contribution in [3.8, 4) is 5.75 Å². The summed E-state index contributed by atoms with van der Waals surface area (Å²) in [5.74, 6) is 2.38. The number of aromatic nitrogens is 2. The quantitative estimate of drug-likeness (QED) is 0.750. The normalized spacial score (nSPS) is 10.4. The van der Waals surface area contributed by atoms with E-state index in [1.54, 1.807) is 6.20 Å². The van der Waals surface area contributed by atoms with E-state index in [-0.39, 0.29) is 0 Å². The number of para-hydroxylation sites is 2. The number of rotatable bonds is 9. The molecule has 0 aliphatic rings. The van der Waals surface area contributed by atoms with Gasteiger partial charge in [-0.25, -0.2) is 4.98 Å². The molecule has 0 saturated heterocycles. The van der Waals surface area contributed by atoms with Crippen molar-refractivity contribution < 1.29 is 4.74 Å². The van der Waals surface area contributed by atoms with Gasteiger partial charge < -0.3 is 15.0 Å². The molecule has 0 unspecified atom stereocenters. The number of hydrogen-bond acceptors (Lipinski definition) is 5. The molecule has 1 heterocycles. The van der Waals surface area contributed by atoms with Gasteiger partial charge in [0.15, 0.2) is 0 Å². The van der Waals surface area contributed by atoms with E-state index in [1.807, 2.05) is 37.3 Å². The molecule has 1 aromatic heterocycles.